The molecule has 0 heterocycles. The molecule has 9 heteroatoms. The van der Waals surface area contributed by atoms with Gasteiger partial charge in [-0.25, -0.2) is 0 Å². The molecule has 0 radical (unpaired) electrons. The monoisotopic (exact) mass is 445 g/mol. The number of carbonyl (C=O) groups is 1. The van der Waals surface area contributed by atoms with Crippen LogP contribution < -0.4 is 10.7 Å². The molecule has 3 aromatic carbocycles. The highest BCUT2D eigenvalue weighted by Gasteiger charge is 2.12. The van der Waals surface area contributed by atoms with Crippen LogP contribution in [0.2, 0.25) is 15.1 Å². The quantitative estimate of drug-likeness (QED) is 0.200. The summed E-state index contributed by atoms with van der Waals surface area (Å²) < 4.78 is 0. The lowest BCUT2D eigenvalue weighted by Crippen LogP contribution is -2.22. The normalized spacial score (nSPS) is 11.5. The number of benzene rings is 3. The highest BCUT2D eigenvalue weighted by Crippen LogP contribution is 2.18. The highest BCUT2D eigenvalue weighted by molar-refractivity contribution is 6.42. The van der Waals surface area contributed by atoms with Crippen LogP contribution >= 0.6 is 34.8 Å². The van der Waals surface area contributed by atoms with E-state index in [0.717, 1.165) is 0 Å². The molecule has 2 N–H and O–H groups in total. The number of amides is 1. The summed E-state index contributed by atoms with van der Waals surface area (Å²) in [6, 6.07) is 20.2. The molecule has 0 bridgehead atoms. The van der Waals surface area contributed by atoms with Gasteiger partial charge in [0.2, 0.25) is 0 Å². The van der Waals surface area contributed by atoms with E-state index >= 15 is 0 Å². The fraction of sp³-hybridized carbons (Fsp3) is 0. The summed E-state index contributed by atoms with van der Waals surface area (Å²) in [6.07, 6.45) is 0. The summed E-state index contributed by atoms with van der Waals surface area (Å²) in [6.45, 7) is 0. The van der Waals surface area contributed by atoms with Crippen molar-refractivity contribution in [2.24, 2.45) is 15.3 Å². The van der Waals surface area contributed by atoms with Gasteiger partial charge in [0.25, 0.3) is 11.7 Å². The van der Waals surface area contributed by atoms with Crippen LogP contribution in [0.25, 0.3) is 0 Å². The van der Waals surface area contributed by atoms with Crippen LogP contribution in [0.1, 0.15) is 0 Å². The molecule has 6 nitrogen and oxygen atoms in total. The summed E-state index contributed by atoms with van der Waals surface area (Å²) in [5.41, 5.74) is 4.46. The molecular weight excluding hydrogens is 433 g/mol. The zero-order valence-corrected chi connectivity index (χ0v) is 17.1. The van der Waals surface area contributed by atoms with Crippen LogP contribution in [0.15, 0.2) is 88.1 Å². The lowest BCUT2D eigenvalue weighted by molar-refractivity contribution is -0.110. The van der Waals surface area contributed by atoms with E-state index in [-0.39, 0.29) is 5.84 Å². The number of rotatable bonds is 4. The van der Waals surface area contributed by atoms with Gasteiger partial charge in [0, 0.05) is 20.8 Å². The van der Waals surface area contributed by atoms with Crippen LogP contribution in [0, 0.1) is 0 Å². The average molecular weight is 447 g/mol. The van der Waals surface area contributed by atoms with E-state index in [1.807, 2.05) is 0 Å². The van der Waals surface area contributed by atoms with Crippen molar-refractivity contribution in [2.45, 2.75) is 0 Å². The van der Waals surface area contributed by atoms with Gasteiger partial charge >= 0.3 is 0 Å². The number of hydrogen-bond donors (Lipinski definition) is 2. The average Bonchev–Trinajstić information content (AvgIpc) is 2.72. The summed E-state index contributed by atoms with van der Waals surface area (Å²) in [4.78, 5) is 12.6. The number of hydrazone groups is 1. The Morgan fingerprint density at radius 1 is 0.690 bits per heavy atom. The first kappa shape index (κ1) is 20.8. The predicted octanol–water partition coefficient (Wildman–Crippen LogP) is 6.79. The SMILES string of the molecule is O=C(Nc1ccc(Cl)cc1)C(N=Nc1ccc(Cl)cc1)=NNc1ccc(Cl)cc1. The second kappa shape index (κ2) is 10.0. The van der Waals surface area contributed by atoms with Crippen molar-refractivity contribution in [1.82, 2.24) is 0 Å². The maximum absolute atomic E-state index is 12.6. The Kier molecular flexibility index (Phi) is 7.19. The number of carbonyl (C=O) groups excluding carboxylic acids is 1. The molecular formula is C20H14Cl3N5O. The molecule has 0 aliphatic heterocycles. The smallest absolute Gasteiger partial charge is 0.297 e. The first-order valence-corrected chi connectivity index (χ1v) is 9.46. The largest absolute Gasteiger partial charge is 0.319 e. The number of nitrogens with zero attached hydrogens (tertiary/aromatic N) is 3. The number of hydrogen-bond acceptors (Lipinski definition) is 4. The Bertz CT molecular complexity index is 1030. The molecule has 0 aliphatic rings. The maximum Gasteiger partial charge on any atom is 0.297 e. The van der Waals surface area contributed by atoms with Crippen LogP contribution in [0.5, 0.6) is 0 Å². The lowest BCUT2D eigenvalue weighted by Gasteiger charge is -2.06. The molecule has 29 heavy (non-hydrogen) atoms. The van der Waals surface area contributed by atoms with Crippen molar-refractivity contribution in [2.75, 3.05) is 10.7 Å². The first-order valence-electron chi connectivity index (χ1n) is 8.33. The number of anilines is 2. The van der Waals surface area contributed by atoms with Crippen molar-refractivity contribution in [1.29, 1.82) is 0 Å². The van der Waals surface area contributed by atoms with Crippen molar-refractivity contribution >= 4 is 63.6 Å². The molecule has 0 aliphatic carbocycles. The van der Waals surface area contributed by atoms with E-state index in [4.69, 9.17) is 34.8 Å². The zero-order valence-electron chi connectivity index (χ0n) is 14.8. The molecule has 146 valence electrons. The molecule has 3 aromatic rings. The summed E-state index contributed by atoms with van der Waals surface area (Å²) >= 11 is 17.6. The van der Waals surface area contributed by atoms with Crippen LogP contribution in [-0.2, 0) is 4.79 Å². The zero-order chi connectivity index (χ0) is 20.6. The van der Waals surface area contributed by atoms with E-state index in [1.165, 1.54) is 0 Å². The number of amidine groups is 1. The topological polar surface area (TPSA) is 78.2 Å². The number of azo groups is 1. The van der Waals surface area contributed by atoms with Crippen LogP contribution in [-0.4, -0.2) is 11.7 Å². The minimum absolute atomic E-state index is 0.176. The molecule has 0 unspecified atom stereocenters. The van der Waals surface area contributed by atoms with E-state index in [0.29, 0.717) is 32.1 Å². The third-order valence-corrected chi connectivity index (χ3v) is 4.28. The Morgan fingerprint density at radius 2 is 1.17 bits per heavy atom. The molecule has 0 aromatic heterocycles. The fourth-order valence-electron chi connectivity index (χ4n) is 2.09. The van der Waals surface area contributed by atoms with Crippen molar-refractivity contribution in [3.63, 3.8) is 0 Å². The van der Waals surface area contributed by atoms with Crippen molar-refractivity contribution < 1.29 is 4.79 Å². The lowest BCUT2D eigenvalue weighted by atomic mass is 10.3. The second-order valence-electron chi connectivity index (χ2n) is 5.69. The standard InChI is InChI=1S/C20H14Cl3N5O/c21-13-1-7-16(8-2-13)24-20(29)19(27-25-17-9-3-14(22)4-10-17)28-26-18-11-5-15(23)6-12-18/h1-12,25H,(H,24,29). The van der Waals surface area contributed by atoms with Crippen molar-refractivity contribution in [3.8, 4) is 0 Å². The van der Waals surface area contributed by atoms with Gasteiger partial charge in [-0.2, -0.15) is 0 Å². The second-order valence-corrected chi connectivity index (χ2v) is 7.00. The Hall–Kier alpha value is -2.93. The summed E-state index contributed by atoms with van der Waals surface area (Å²) in [5, 5.41) is 16.5. The maximum atomic E-state index is 12.6. The number of halogens is 3. The van der Waals surface area contributed by atoms with E-state index in [2.05, 4.69) is 26.1 Å². The molecule has 0 spiro atoms. The van der Waals surface area contributed by atoms with Gasteiger partial charge in [-0.1, -0.05) is 34.8 Å². The fourth-order valence-corrected chi connectivity index (χ4v) is 2.47. The van der Waals surface area contributed by atoms with Crippen LogP contribution in [0.3, 0.4) is 0 Å². The van der Waals surface area contributed by atoms with Gasteiger partial charge in [-0.3, -0.25) is 10.2 Å². The van der Waals surface area contributed by atoms with Gasteiger partial charge in [-0.15, -0.1) is 15.3 Å². The van der Waals surface area contributed by atoms with E-state index < -0.39 is 5.91 Å². The summed E-state index contributed by atoms with van der Waals surface area (Å²) in [5.74, 6) is -0.726. The Labute approximate surface area is 182 Å². The predicted molar refractivity (Wildman–Crippen MR) is 119 cm³/mol. The molecule has 0 saturated heterocycles. The molecule has 3 rings (SSSR count). The third kappa shape index (κ3) is 6.57. The van der Waals surface area contributed by atoms with Crippen LogP contribution in [0.4, 0.5) is 17.1 Å². The number of nitrogens with one attached hydrogen (secondary N) is 2. The summed E-state index contributed by atoms with van der Waals surface area (Å²) in [7, 11) is 0. The first-order chi connectivity index (χ1) is 14.0. The molecule has 0 saturated carbocycles. The Balaban J connectivity index is 1.81. The van der Waals surface area contributed by atoms with Gasteiger partial charge in [0.15, 0.2) is 0 Å². The highest BCUT2D eigenvalue weighted by atomic mass is 35.5. The molecule has 1 amide bonds. The third-order valence-electron chi connectivity index (χ3n) is 3.53. The molecule has 0 fully saturated rings. The van der Waals surface area contributed by atoms with Gasteiger partial charge in [-0.05, 0) is 72.8 Å². The van der Waals surface area contributed by atoms with E-state index in [9.17, 15) is 4.79 Å². The Morgan fingerprint density at radius 3 is 1.72 bits per heavy atom. The van der Waals surface area contributed by atoms with Crippen molar-refractivity contribution in [3.05, 3.63) is 87.9 Å². The minimum Gasteiger partial charge on any atom is -0.319 e. The van der Waals surface area contributed by atoms with E-state index in [1.54, 1.807) is 72.8 Å². The van der Waals surface area contributed by atoms with Gasteiger partial charge < -0.3 is 5.32 Å². The minimum atomic E-state index is -0.550. The van der Waals surface area contributed by atoms with Gasteiger partial charge in [0.1, 0.15) is 0 Å². The van der Waals surface area contributed by atoms with Gasteiger partial charge in [0.05, 0.1) is 11.4 Å². The molecule has 0 atom stereocenters.